The van der Waals surface area contributed by atoms with Crippen LogP contribution in [0.3, 0.4) is 0 Å². The molecular weight excluding hydrogens is 334 g/mol. The summed E-state index contributed by atoms with van der Waals surface area (Å²) in [5.74, 6) is 0.517. The standard InChI is InChI=1S/C15H25N3O3S2/c1-12-14(22-11-17-12)4-3-7-16-15(19)5-8-18(2)13-6-9-23(20,21)10-13/h11,13H,3-10H2,1-2H3,(H,16,19). The van der Waals surface area contributed by atoms with E-state index in [0.717, 1.165) is 18.5 Å². The molecule has 1 atom stereocenters. The van der Waals surface area contributed by atoms with Gasteiger partial charge < -0.3 is 10.2 Å². The lowest BCUT2D eigenvalue weighted by Crippen LogP contribution is -2.36. The van der Waals surface area contributed by atoms with Crippen LogP contribution in [0.2, 0.25) is 0 Å². The SMILES string of the molecule is Cc1ncsc1CCCNC(=O)CCN(C)C1CCS(=O)(=O)C1. The van der Waals surface area contributed by atoms with Crippen LogP contribution in [-0.4, -0.2) is 61.9 Å². The number of carbonyl (C=O) groups excluding carboxylic acids is 1. The van der Waals surface area contributed by atoms with Gasteiger partial charge in [0.05, 0.1) is 22.7 Å². The van der Waals surface area contributed by atoms with Crippen LogP contribution in [0.5, 0.6) is 0 Å². The second-order valence-corrected chi connectivity index (χ2v) is 9.27. The first-order chi connectivity index (χ1) is 10.9. The fraction of sp³-hybridized carbons (Fsp3) is 0.733. The molecule has 0 aromatic carbocycles. The van der Waals surface area contributed by atoms with Gasteiger partial charge in [0, 0.05) is 30.4 Å². The van der Waals surface area contributed by atoms with Gasteiger partial charge >= 0.3 is 0 Å². The van der Waals surface area contributed by atoms with E-state index in [1.807, 2.05) is 24.4 Å². The lowest BCUT2D eigenvalue weighted by atomic mass is 10.2. The van der Waals surface area contributed by atoms with Crippen LogP contribution in [-0.2, 0) is 21.1 Å². The van der Waals surface area contributed by atoms with E-state index in [1.165, 1.54) is 4.88 Å². The van der Waals surface area contributed by atoms with Crippen molar-refractivity contribution in [3.8, 4) is 0 Å². The summed E-state index contributed by atoms with van der Waals surface area (Å²) in [6.45, 7) is 3.27. The van der Waals surface area contributed by atoms with Gasteiger partial charge in [0.15, 0.2) is 9.84 Å². The van der Waals surface area contributed by atoms with Crippen molar-refractivity contribution < 1.29 is 13.2 Å². The highest BCUT2D eigenvalue weighted by Gasteiger charge is 2.30. The summed E-state index contributed by atoms with van der Waals surface area (Å²) in [6, 6.07) is 0.0575. The Morgan fingerprint density at radius 1 is 1.52 bits per heavy atom. The number of carbonyl (C=O) groups is 1. The van der Waals surface area contributed by atoms with Crippen molar-refractivity contribution >= 4 is 27.1 Å². The molecule has 0 aliphatic carbocycles. The second-order valence-electron chi connectivity index (χ2n) is 6.10. The molecule has 1 aliphatic heterocycles. The summed E-state index contributed by atoms with van der Waals surface area (Å²) in [6.07, 6.45) is 2.93. The van der Waals surface area contributed by atoms with Gasteiger partial charge in [0.1, 0.15) is 0 Å². The first-order valence-corrected chi connectivity index (χ1v) is 10.6. The molecule has 1 fully saturated rings. The number of hydrogen-bond donors (Lipinski definition) is 1. The molecule has 1 aliphatic rings. The molecule has 130 valence electrons. The topological polar surface area (TPSA) is 79.4 Å². The molecule has 2 rings (SSSR count). The highest BCUT2D eigenvalue weighted by molar-refractivity contribution is 7.91. The molecule has 1 amide bonds. The molecule has 8 heteroatoms. The molecule has 0 spiro atoms. The van der Waals surface area contributed by atoms with Gasteiger partial charge in [-0.3, -0.25) is 4.79 Å². The number of hydrogen-bond acceptors (Lipinski definition) is 6. The molecule has 1 unspecified atom stereocenters. The minimum absolute atomic E-state index is 0.0266. The average molecular weight is 360 g/mol. The molecule has 0 saturated carbocycles. The number of aryl methyl sites for hydroxylation is 2. The Morgan fingerprint density at radius 2 is 2.30 bits per heavy atom. The summed E-state index contributed by atoms with van der Waals surface area (Å²) in [7, 11) is -0.974. The van der Waals surface area contributed by atoms with E-state index >= 15 is 0 Å². The van der Waals surface area contributed by atoms with Crippen LogP contribution < -0.4 is 5.32 Å². The summed E-state index contributed by atoms with van der Waals surface area (Å²) in [4.78, 5) is 19.3. The quantitative estimate of drug-likeness (QED) is 0.701. The third-order valence-electron chi connectivity index (χ3n) is 4.27. The zero-order chi connectivity index (χ0) is 16.9. The van der Waals surface area contributed by atoms with Gasteiger partial charge in [-0.05, 0) is 33.2 Å². The van der Waals surface area contributed by atoms with E-state index in [2.05, 4.69) is 10.3 Å². The lowest BCUT2D eigenvalue weighted by molar-refractivity contribution is -0.121. The Morgan fingerprint density at radius 3 is 2.91 bits per heavy atom. The second kappa shape index (κ2) is 8.21. The van der Waals surface area contributed by atoms with Gasteiger partial charge in [-0.15, -0.1) is 11.3 Å². The molecule has 0 bridgehead atoms. The molecule has 1 aromatic rings. The van der Waals surface area contributed by atoms with E-state index in [1.54, 1.807) is 11.3 Å². The number of nitrogens with one attached hydrogen (secondary N) is 1. The molecule has 1 saturated heterocycles. The molecule has 1 N–H and O–H groups in total. The van der Waals surface area contributed by atoms with Crippen molar-refractivity contribution in [1.82, 2.24) is 15.2 Å². The summed E-state index contributed by atoms with van der Waals surface area (Å²) >= 11 is 1.66. The van der Waals surface area contributed by atoms with Crippen molar-refractivity contribution in [2.45, 2.75) is 38.6 Å². The highest BCUT2D eigenvalue weighted by atomic mass is 32.2. The normalized spacial score (nSPS) is 20.0. The first-order valence-electron chi connectivity index (χ1n) is 7.94. The van der Waals surface area contributed by atoms with E-state index in [9.17, 15) is 13.2 Å². The maximum Gasteiger partial charge on any atom is 0.221 e. The summed E-state index contributed by atoms with van der Waals surface area (Å²) in [5, 5.41) is 2.93. The van der Waals surface area contributed by atoms with Crippen molar-refractivity contribution in [1.29, 1.82) is 0 Å². The molecule has 23 heavy (non-hydrogen) atoms. The molecule has 1 aromatic heterocycles. The van der Waals surface area contributed by atoms with Gasteiger partial charge in [-0.25, -0.2) is 13.4 Å². The number of thiazole rings is 1. The van der Waals surface area contributed by atoms with Crippen LogP contribution in [0.1, 0.15) is 29.8 Å². The van der Waals surface area contributed by atoms with Crippen molar-refractivity contribution in [3.05, 3.63) is 16.1 Å². The minimum atomic E-state index is -2.87. The maximum atomic E-state index is 11.9. The largest absolute Gasteiger partial charge is 0.356 e. The van der Waals surface area contributed by atoms with Gasteiger partial charge in [-0.1, -0.05) is 0 Å². The Bertz CT molecular complexity index is 628. The molecule has 0 radical (unpaired) electrons. The van der Waals surface area contributed by atoms with Crippen LogP contribution in [0.4, 0.5) is 0 Å². The summed E-state index contributed by atoms with van der Waals surface area (Å²) in [5.41, 5.74) is 2.93. The predicted octanol–water partition coefficient (Wildman–Crippen LogP) is 1.01. The maximum absolute atomic E-state index is 11.9. The van der Waals surface area contributed by atoms with Crippen molar-refractivity contribution in [2.24, 2.45) is 0 Å². The van der Waals surface area contributed by atoms with E-state index in [-0.39, 0.29) is 23.5 Å². The number of aromatic nitrogens is 1. The smallest absolute Gasteiger partial charge is 0.221 e. The van der Waals surface area contributed by atoms with Crippen LogP contribution >= 0.6 is 11.3 Å². The average Bonchev–Trinajstić information content (AvgIpc) is 3.06. The minimum Gasteiger partial charge on any atom is -0.356 e. The Balaban J connectivity index is 1.59. The highest BCUT2D eigenvalue weighted by Crippen LogP contribution is 2.16. The van der Waals surface area contributed by atoms with E-state index < -0.39 is 9.84 Å². The zero-order valence-corrected chi connectivity index (χ0v) is 15.4. The van der Waals surface area contributed by atoms with Gasteiger partial charge in [0.2, 0.25) is 5.91 Å². The van der Waals surface area contributed by atoms with E-state index in [0.29, 0.717) is 25.9 Å². The van der Waals surface area contributed by atoms with Crippen LogP contribution in [0.15, 0.2) is 5.51 Å². The first kappa shape index (κ1) is 18.4. The predicted molar refractivity (Wildman–Crippen MR) is 92.5 cm³/mol. The molecular formula is C15H25N3O3S2. The van der Waals surface area contributed by atoms with Crippen LogP contribution in [0, 0.1) is 6.92 Å². The zero-order valence-electron chi connectivity index (χ0n) is 13.7. The third-order valence-corrected chi connectivity index (χ3v) is 7.02. The van der Waals surface area contributed by atoms with Crippen LogP contribution in [0.25, 0.3) is 0 Å². The summed E-state index contributed by atoms with van der Waals surface area (Å²) < 4.78 is 22.9. The Hall–Kier alpha value is -0.990. The molecule has 2 heterocycles. The van der Waals surface area contributed by atoms with Gasteiger partial charge in [-0.2, -0.15) is 0 Å². The fourth-order valence-corrected chi connectivity index (χ4v) is 5.34. The number of sulfone groups is 1. The van der Waals surface area contributed by atoms with E-state index in [4.69, 9.17) is 0 Å². The Labute approximate surface area is 142 Å². The van der Waals surface area contributed by atoms with Crippen molar-refractivity contribution in [3.63, 3.8) is 0 Å². The molecule has 6 nitrogen and oxygen atoms in total. The Kier molecular flexibility index (Phi) is 6.55. The fourth-order valence-electron chi connectivity index (χ4n) is 2.71. The third kappa shape index (κ3) is 5.86. The number of amides is 1. The number of rotatable bonds is 8. The monoisotopic (exact) mass is 359 g/mol. The van der Waals surface area contributed by atoms with Gasteiger partial charge in [0.25, 0.3) is 0 Å². The number of nitrogens with zero attached hydrogens (tertiary/aromatic N) is 2. The lowest BCUT2D eigenvalue weighted by Gasteiger charge is -2.22. The van der Waals surface area contributed by atoms with Crippen molar-refractivity contribution in [2.75, 3.05) is 31.6 Å².